The van der Waals surface area contributed by atoms with E-state index in [2.05, 4.69) is 28.7 Å². The van der Waals surface area contributed by atoms with E-state index in [-0.39, 0.29) is 0 Å². The van der Waals surface area contributed by atoms with E-state index in [1.54, 1.807) is 30.3 Å². The summed E-state index contributed by atoms with van der Waals surface area (Å²) in [5.41, 5.74) is 5.52. The lowest BCUT2D eigenvalue weighted by molar-refractivity contribution is 0.0954. The fourth-order valence-electron chi connectivity index (χ4n) is 4.25. The molecular formula is C33H26Cl2N2O4. The van der Waals surface area contributed by atoms with Crippen molar-refractivity contribution in [2.75, 3.05) is 7.11 Å². The van der Waals surface area contributed by atoms with E-state index in [0.29, 0.717) is 51.6 Å². The molecule has 41 heavy (non-hydrogen) atoms. The number of ether oxygens (including phenoxy) is 3. The highest BCUT2D eigenvalue weighted by atomic mass is 35.5. The number of halogens is 2. The van der Waals surface area contributed by atoms with Gasteiger partial charge in [0.25, 0.3) is 5.91 Å². The van der Waals surface area contributed by atoms with Crippen LogP contribution in [0.3, 0.4) is 0 Å². The van der Waals surface area contributed by atoms with Crippen LogP contribution in [-0.2, 0) is 13.2 Å². The zero-order chi connectivity index (χ0) is 28.6. The van der Waals surface area contributed by atoms with E-state index in [9.17, 15) is 4.79 Å². The minimum Gasteiger partial charge on any atom is -0.493 e. The Morgan fingerprint density at radius 3 is 2.32 bits per heavy atom. The van der Waals surface area contributed by atoms with E-state index in [0.717, 1.165) is 21.9 Å². The van der Waals surface area contributed by atoms with E-state index in [1.807, 2.05) is 54.6 Å². The van der Waals surface area contributed by atoms with Crippen molar-refractivity contribution in [2.45, 2.75) is 13.2 Å². The first-order valence-electron chi connectivity index (χ1n) is 12.8. The van der Waals surface area contributed by atoms with Crippen LogP contribution in [-0.4, -0.2) is 19.2 Å². The second-order valence-corrected chi connectivity index (χ2v) is 9.89. The van der Waals surface area contributed by atoms with Gasteiger partial charge in [0.2, 0.25) is 0 Å². The Balaban J connectivity index is 1.21. The quantitative estimate of drug-likeness (QED) is 0.133. The van der Waals surface area contributed by atoms with Crippen molar-refractivity contribution in [1.29, 1.82) is 0 Å². The molecule has 6 nitrogen and oxygen atoms in total. The number of hydrazone groups is 1. The topological polar surface area (TPSA) is 69.2 Å². The number of nitrogens with one attached hydrogen (secondary N) is 1. The fraction of sp³-hybridized carbons (Fsp3) is 0.0909. The fourth-order valence-corrected chi connectivity index (χ4v) is 4.87. The minimum atomic E-state index is -0.415. The zero-order valence-corrected chi connectivity index (χ0v) is 23.7. The van der Waals surface area contributed by atoms with Crippen molar-refractivity contribution in [2.24, 2.45) is 5.10 Å². The number of carbonyl (C=O) groups is 1. The Morgan fingerprint density at radius 2 is 1.54 bits per heavy atom. The second kappa shape index (κ2) is 13.2. The number of amides is 1. The van der Waals surface area contributed by atoms with E-state index < -0.39 is 5.91 Å². The van der Waals surface area contributed by atoms with Gasteiger partial charge in [-0.1, -0.05) is 96.0 Å². The number of fused-ring (bicyclic) bond motifs is 1. The van der Waals surface area contributed by atoms with Crippen molar-refractivity contribution >= 4 is 46.1 Å². The number of rotatable bonds is 10. The van der Waals surface area contributed by atoms with Gasteiger partial charge in [-0.2, -0.15) is 5.10 Å². The highest BCUT2D eigenvalue weighted by Crippen LogP contribution is 2.35. The normalized spacial score (nSPS) is 11.0. The van der Waals surface area contributed by atoms with Gasteiger partial charge in [-0.25, -0.2) is 5.43 Å². The Labute approximate surface area is 248 Å². The van der Waals surface area contributed by atoms with Crippen LogP contribution >= 0.6 is 23.2 Å². The van der Waals surface area contributed by atoms with Gasteiger partial charge in [0.05, 0.1) is 23.4 Å². The largest absolute Gasteiger partial charge is 0.493 e. The number of benzene rings is 5. The van der Waals surface area contributed by atoms with Crippen LogP contribution < -0.4 is 19.6 Å². The van der Waals surface area contributed by atoms with Gasteiger partial charge in [0.15, 0.2) is 17.2 Å². The van der Waals surface area contributed by atoms with Crippen LogP contribution in [0.4, 0.5) is 0 Å². The first-order chi connectivity index (χ1) is 20.0. The minimum absolute atomic E-state index is 0.309. The van der Waals surface area contributed by atoms with Gasteiger partial charge in [-0.3, -0.25) is 4.79 Å². The molecule has 0 saturated carbocycles. The molecule has 206 valence electrons. The SMILES string of the molecule is COc1cc(C(=O)N/N=C/c2cc(Cl)c(OCc3cccc4ccccc34)c(Cl)c2)ccc1OCc1ccccc1. The highest BCUT2D eigenvalue weighted by Gasteiger charge is 2.13. The lowest BCUT2D eigenvalue weighted by Crippen LogP contribution is -2.17. The predicted octanol–water partition coefficient (Wildman–Crippen LogP) is 8.08. The third kappa shape index (κ3) is 6.98. The molecule has 0 aliphatic heterocycles. The van der Waals surface area contributed by atoms with Gasteiger partial charge in [-0.15, -0.1) is 0 Å². The van der Waals surface area contributed by atoms with Crippen LogP contribution in [0.5, 0.6) is 17.2 Å². The molecule has 0 aliphatic carbocycles. The maximum absolute atomic E-state index is 12.7. The lowest BCUT2D eigenvalue weighted by Gasteiger charge is -2.12. The zero-order valence-electron chi connectivity index (χ0n) is 22.1. The van der Waals surface area contributed by atoms with Crippen LogP contribution in [0.1, 0.15) is 27.0 Å². The monoisotopic (exact) mass is 584 g/mol. The maximum Gasteiger partial charge on any atom is 0.271 e. The standard InChI is InChI=1S/C33H26Cl2N2O4/c1-39-31-18-25(14-15-30(31)40-20-22-8-3-2-4-9-22)33(38)37-36-19-23-16-28(34)32(29(35)17-23)41-21-26-12-7-11-24-10-5-6-13-27(24)26/h2-19H,20-21H2,1H3,(H,37,38)/b36-19+. The first-order valence-corrected chi connectivity index (χ1v) is 13.5. The summed E-state index contributed by atoms with van der Waals surface area (Å²) in [7, 11) is 1.52. The van der Waals surface area contributed by atoms with Gasteiger partial charge in [-0.05, 0) is 57.8 Å². The average Bonchev–Trinajstić information content (AvgIpc) is 3.00. The summed E-state index contributed by atoms with van der Waals surface area (Å²) in [6.45, 7) is 0.689. The molecule has 8 heteroatoms. The van der Waals surface area contributed by atoms with E-state index in [4.69, 9.17) is 37.4 Å². The van der Waals surface area contributed by atoms with Crippen molar-refractivity contribution in [3.8, 4) is 17.2 Å². The van der Waals surface area contributed by atoms with Crippen molar-refractivity contribution < 1.29 is 19.0 Å². The molecule has 0 heterocycles. The lowest BCUT2D eigenvalue weighted by atomic mass is 10.1. The molecule has 5 aromatic rings. The average molecular weight is 585 g/mol. The van der Waals surface area contributed by atoms with Crippen molar-refractivity contribution in [1.82, 2.24) is 5.43 Å². The van der Waals surface area contributed by atoms with Crippen LogP contribution in [0.2, 0.25) is 10.0 Å². The van der Waals surface area contributed by atoms with Crippen molar-refractivity contribution in [3.63, 3.8) is 0 Å². The molecular weight excluding hydrogens is 559 g/mol. The Kier molecular flexibility index (Phi) is 9.04. The summed E-state index contributed by atoms with van der Waals surface area (Å²) < 4.78 is 17.3. The summed E-state index contributed by atoms with van der Waals surface area (Å²) in [4.78, 5) is 12.7. The van der Waals surface area contributed by atoms with Crippen LogP contribution in [0, 0.1) is 0 Å². The molecule has 1 N–H and O–H groups in total. The van der Waals surface area contributed by atoms with Gasteiger partial charge in [0.1, 0.15) is 13.2 Å². The molecule has 0 radical (unpaired) electrons. The number of hydrogen-bond acceptors (Lipinski definition) is 5. The predicted molar refractivity (Wildman–Crippen MR) is 164 cm³/mol. The summed E-state index contributed by atoms with van der Waals surface area (Å²) in [6.07, 6.45) is 1.46. The van der Waals surface area contributed by atoms with Crippen molar-refractivity contribution in [3.05, 3.63) is 135 Å². The molecule has 0 bridgehead atoms. The van der Waals surface area contributed by atoms with Gasteiger partial charge in [0, 0.05) is 5.56 Å². The van der Waals surface area contributed by atoms with E-state index in [1.165, 1.54) is 13.3 Å². The molecule has 0 aliphatic rings. The highest BCUT2D eigenvalue weighted by molar-refractivity contribution is 6.37. The molecule has 0 atom stereocenters. The molecule has 0 fully saturated rings. The van der Waals surface area contributed by atoms with Gasteiger partial charge < -0.3 is 14.2 Å². The summed E-state index contributed by atoms with van der Waals surface area (Å²) in [5, 5.41) is 6.96. The molecule has 5 aromatic carbocycles. The smallest absolute Gasteiger partial charge is 0.271 e. The van der Waals surface area contributed by atoms with E-state index >= 15 is 0 Å². The first kappa shape index (κ1) is 28.0. The second-order valence-electron chi connectivity index (χ2n) is 9.08. The third-order valence-electron chi connectivity index (χ3n) is 6.32. The number of nitrogens with zero attached hydrogens (tertiary/aromatic N) is 1. The Bertz CT molecular complexity index is 1680. The molecule has 5 rings (SSSR count). The summed E-state index contributed by atoms with van der Waals surface area (Å²) in [6, 6.07) is 32.2. The van der Waals surface area contributed by atoms with Crippen LogP contribution in [0.25, 0.3) is 10.8 Å². The van der Waals surface area contributed by atoms with Gasteiger partial charge >= 0.3 is 0 Å². The Morgan fingerprint density at radius 1 is 0.805 bits per heavy atom. The third-order valence-corrected chi connectivity index (χ3v) is 6.88. The number of methoxy groups -OCH3 is 1. The number of hydrogen-bond donors (Lipinski definition) is 1. The molecule has 1 amide bonds. The molecule has 0 saturated heterocycles. The molecule has 0 aromatic heterocycles. The van der Waals surface area contributed by atoms with Crippen LogP contribution in [0.15, 0.2) is 108 Å². The molecule has 0 spiro atoms. The number of carbonyl (C=O) groups excluding carboxylic acids is 1. The summed E-state index contributed by atoms with van der Waals surface area (Å²) >= 11 is 13.0. The maximum atomic E-state index is 12.7. The molecule has 0 unspecified atom stereocenters. The Hall–Kier alpha value is -4.52. The summed E-state index contributed by atoms with van der Waals surface area (Å²) in [5.74, 6) is 0.934.